The van der Waals surface area contributed by atoms with E-state index in [1.165, 1.54) is 36.4 Å². The number of imide groups is 1. The molecule has 1 aliphatic heterocycles. The van der Waals surface area contributed by atoms with Gasteiger partial charge in [-0.15, -0.1) is 0 Å². The SMILES string of the molecule is [2H]C([2H])(C(=O)O)C(CN1C(=O)c2ccccc2C1=O)c1ccc(Cl)cc1. The van der Waals surface area contributed by atoms with Crippen molar-refractivity contribution in [2.24, 2.45) is 0 Å². The zero-order valence-electron chi connectivity index (χ0n) is 14.4. The molecule has 1 heterocycles. The van der Waals surface area contributed by atoms with Crippen LogP contribution < -0.4 is 0 Å². The number of halogens is 1. The summed E-state index contributed by atoms with van der Waals surface area (Å²) in [5, 5.41) is 9.72. The predicted molar refractivity (Wildman–Crippen MR) is 88.3 cm³/mol. The number of aliphatic carboxylic acids is 1. The van der Waals surface area contributed by atoms with E-state index < -0.39 is 36.6 Å². The molecule has 6 heteroatoms. The largest absolute Gasteiger partial charge is 0.481 e. The van der Waals surface area contributed by atoms with Gasteiger partial charge in [-0.25, -0.2) is 0 Å². The van der Waals surface area contributed by atoms with Gasteiger partial charge in [0.05, 0.1) is 17.5 Å². The maximum Gasteiger partial charge on any atom is 0.304 e. The van der Waals surface area contributed by atoms with Crippen molar-refractivity contribution in [1.82, 2.24) is 4.90 Å². The van der Waals surface area contributed by atoms with Crippen molar-refractivity contribution in [3.05, 3.63) is 70.2 Å². The summed E-state index contributed by atoms with van der Waals surface area (Å²) in [6, 6.07) is 12.3. The minimum Gasteiger partial charge on any atom is -0.481 e. The fraction of sp³-hybridized carbons (Fsp3) is 0.167. The van der Waals surface area contributed by atoms with E-state index in [0.717, 1.165) is 4.90 Å². The van der Waals surface area contributed by atoms with Crippen molar-refractivity contribution in [2.45, 2.75) is 12.3 Å². The zero-order chi connectivity index (χ0) is 19.1. The van der Waals surface area contributed by atoms with Gasteiger partial charge in [0, 0.05) is 20.2 Å². The van der Waals surface area contributed by atoms with Gasteiger partial charge in [0.15, 0.2) is 0 Å². The minimum absolute atomic E-state index is 0.225. The molecule has 0 bridgehead atoms. The molecule has 2 aromatic carbocycles. The average molecular weight is 346 g/mol. The molecule has 0 radical (unpaired) electrons. The van der Waals surface area contributed by atoms with Gasteiger partial charge >= 0.3 is 5.97 Å². The Morgan fingerprint density at radius 1 is 1.08 bits per heavy atom. The lowest BCUT2D eigenvalue weighted by molar-refractivity contribution is -0.137. The highest BCUT2D eigenvalue weighted by atomic mass is 35.5. The molecule has 0 saturated carbocycles. The third-order valence-corrected chi connectivity index (χ3v) is 4.07. The van der Waals surface area contributed by atoms with Crippen LogP contribution in [0.5, 0.6) is 0 Å². The number of carbonyl (C=O) groups is 3. The number of fused-ring (bicyclic) bond motifs is 1. The van der Waals surface area contributed by atoms with Gasteiger partial charge in [0.25, 0.3) is 11.8 Å². The van der Waals surface area contributed by atoms with Crippen molar-refractivity contribution < 1.29 is 22.2 Å². The van der Waals surface area contributed by atoms with Crippen LogP contribution in [0.2, 0.25) is 5.02 Å². The van der Waals surface area contributed by atoms with Gasteiger partial charge in [-0.3, -0.25) is 19.3 Å². The van der Waals surface area contributed by atoms with Crippen LogP contribution in [0.4, 0.5) is 0 Å². The summed E-state index contributed by atoms with van der Waals surface area (Å²) in [6.07, 6.45) is -2.69. The first-order valence-corrected chi connectivity index (χ1v) is 7.55. The van der Waals surface area contributed by atoms with Crippen LogP contribution in [0.25, 0.3) is 0 Å². The first-order valence-electron chi connectivity index (χ1n) is 8.17. The Labute approximate surface area is 146 Å². The fourth-order valence-corrected chi connectivity index (χ4v) is 2.79. The predicted octanol–water partition coefficient (Wildman–Crippen LogP) is 3.19. The summed E-state index contributed by atoms with van der Waals surface area (Å²) in [6.45, 7) is -0.396. The summed E-state index contributed by atoms with van der Waals surface area (Å²) in [7, 11) is 0. The molecule has 5 nitrogen and oxygen atoms in total. The lowest BCUT2D eigenvalue weighted by atomic mass is 9.95. The Kier molecular flexibility index (Phi) is 3.70. The number of carboxylic acid groups (broad SMARTS) is 1. The van der Waals surface area contributed by atoms with E-state index in [1.54, 1.807) is 12.1 Å². The molecule has 1 N–H and O–H groups in total. The standard InChI is InChI=1S/C18H14ClNO4/c19-13-7-5-11(6-8-13)12(9-16(21)22)10-20-17(23)14-3-1-2-4-15(14)18(20)24/h1-8,12H,9-10H2,(H,21,22)/i9D2. The smallest absolute Gasteiger partial charge is 0.304 e. The Morgan fingerprint density at radius 3 is 2.12 bits per heavy atom. The fourth-order valence-electron chi connectivity index (χ4n) is 2.67. The van der Waals surface area contributed by atoms with Crippen LogP contribution in [0.1, 0.15) is 41.3 Å². The molecule has 0 spiro atoms. The number of hydrogen-bond donors (Lipinski definition) is 1. The molecule has 1 unspecified atom stereocenters. The lowest BCUT2D eigenvalue weighted by Crippen LogP contribution is -2.34. The average Bonchev–Trinajstić information content (AvgIpc) is 2.85. The third-order valence-electron chi connectivity index (χ3n) is 3.81. The topological polar surface area (TPSA) is 74.7 Å². The van der Waals surface area contributed by atoms with Gasteiger partial charge in [-0.05, 0) is 29.8 Å². The second-order valence-corrected chi connectivity index (χ2v) is 5.76. The quantitative estimate of drug-likeness (QED) is 0.844. The van der Waals surface area contributed by atoms with Gasteiger partial charge in [-0.2, -0.15) is 0 Å². The Morgan fingerprint density at radius 2 is 1.62 bits per heavy atom. The van der Waals surface area contributed by atoms with E-state index in [0.29, 0.717) is 10.6 Å². The number of hydrogen-bond acceptors (Lipinski definition) is 3. The number of carboxylic acids is 1. The first kappa shape index (κ1) is 13.7. The van der Waals surface area contributed by atoms with Crippen LogP contribution >= 0.6 is 11.6 Å². The summed E-state index contributed by atoms with van der Waals surface area (Å²) in [4.78, 5) is 37.4. The van der Waals surface area contributed by atoms with E-state index in [2.05, 4.69) is 0 Å². The van der Waals surface area contributed by atoms with Crippen LogP contribution in [0, 0.1) is 0 Å². The Hall–Kier alpha value is -2.66. The van der Waals surface area contributed by atoms with Crippen molar-refractivity contribution in [3.63, 3.8) is 0 Å². The molecule has 122 valence electrons. The molecule has 2 amide bonds. The van der Waals surface area contributed by atoms with Crippen molar-refractivity contribution in [1.29, 1.82) is 0 Å². The number of carbonyl (C=O) groups excluding carboxylic acids is 2. The van der Waals surface area contributed by atoms with Gasteiger partial charge < -0.3 is 5.11 Å². The van der Waals surface area contributed by atoms with Crippen molar-refractivity contribution in [3.8, 4) is 0 Å². The van der Waals surface area contributed by atoms with E-state index in [-0.39, 0.29) is 11.1 Å². The molecular formula is C18H14ClNO4. The van der Waals surface area contributed by atoms with E-state index in [4.69, 9.17) is 14.3 Å². The third kappa shape index (κ3) is 3.03. The maximum atomic E-state index is 12.5. The summed E-state index contributed by atoms with van der Waals surface area (Å²) in [5.41, 5.74) is 0.782. The first-order chi connectivity index (χ1) is 12.2. The highest BCUT2D eigenvalue weighted by molar-refractivity contribution is 6.30. The molecular weight excluding hydrogens is 330 g/mol. The second kappa shape index (κ2) is 6.45. The molecule has 3 rings (SSSR count). The molecule has 24 heavy (non-hydrogen) atoms. The van der Waals surface area contributed by atoms with Crippen molar-refractivity contribution >= 4 is 29.4 Å². The number of rotatable bonds is 5. The highest BCUT2D eigenvalue weighted by Gasteiger charge is 2.36. The Bertz CT molecular complexity index is 863. The van der Waals surface area contributed by atoms with Gasteiger partial charge in [0.2, 0.25) is 0 Å². The van der Waals surface area contributed by atoms with Gasteiger partial charge in [-0.1, -0.05) is 35.9 Å². The van der Waals surface area contributed by atoms with Crippen LogP contribution in [-0.4, -0.2) is 34.3 Å². The normalized spacial score (nSPS) is 16.5. The van der Waals surface area contributed by atoms with E-state index in [1.807, 2.05) is 0 Å². The molecule has 1 atom stereocenters. The lowest BCUT2D eigenvalue weighted by Gasteiger charge is -2.22. The van der Waals surface area contributed by atoms with Gasteiger partial charge in [0.1, 0.15) is 0 Å². The summed E-state index contributed by atoms with van der Waals surface area (Å²) >= 11 is 5.84. The Balaban J connectivity index is 1.99. The molecule has 0 aliphatic carbocycles. The molecule has 0 saturated heterocycles. The van der Waals surface area contributed by atoms with E-state index >= 15 is 0 Å². The monoisotopic (exact) mass is 345 g/mol. The molecule has 1 aliphatic rings. The molecule has 0 aromatic heterocycles. The number of benzene rings is 2. The maximum absolute atomic E-state index is 12.5. The van der Waals surface area contributed by atoms with Crippen LogP contribution in [0.3, 0.4) is 0 Å². The zero-order valence-corrected chi connectivity index (χ0v) is 13.2. The number of amides is 2. The summed E-state index contributed by atoms with van der Waals surface area (Å²) in [5.74, 6) is -4.05. The van der Waals surface area contributed by atoms with Crippen LogP contribution in [-0.2, 0) is 4.79 Å². The minimum atomic E-state index is -2.69. The highest BCUT2D eigenvalue weighted by Crippen LogP contribution is 2.28. The second-order valence-electron chi connectivity index (χ2n) is 5.32. The van der Waals surface area contributed by atoms with Crippen molar-refractivity contribution in [2.75, 3.05) is 6.54 Å². The van der Waals surface area contributed by atoms with Crippen LogP contribution in [0.15, 0.2) is 48.5 Å². The van der Waals surface area contributed by atoms with E-state index in [9.17, 15) is 19.5 Å². The molecule has 0 fully saturated rings. The number of nitrogens with zero attached hydrogens (tertiary/aromatic N) is 1. The summed E-state index contributed by atoms with van der Waals surface area (Å²) < 4.78 is 15.9. The molecule has 2 aromatic rings.